The van der Waals surface area contributed by atoms with Gasteiger partial charge in [-0.05, 0) is 30.3 Å². The maximum Gasteiger partial charge on any atom is 0.178 e. The van der Waals surface area contributed by atoms with Crippen molar-refractivity contribution in [1.29, 1.82) is 5.26 Å². The van der Waals surface area contributed by atoms with E-state index in [1.807, 2.05) is 11.4 Å². The Balaban J connectivity index is 2.03. The summed E-state index contributed by atoms with van der Waals surface area (Å²) in [7, 11) is -3.14. The van der Waals surface area contributed by atoms with Crippen LogP contribution in [0.5, 0.6) is 0 Å². The Morgan fingerprint density at radius 3 is 2.55 bits per heavy atom. The minimum Gasteiger partial charge on any atom is -0.380 e. The Bertz CT molecular complexity index is 725. The van der Waals surface area contributed by atoms with Crippen LogP contribution in [0.25, 0.3) is 0 Å². The standard InChI is InChI=1S/C14H14N2O2S2/c1-2-20(17,18)14-5-3-12(4-6-14)16-9-13-7-11(8-15)10-19-13/h3-7,10,16H,2,9H2,1H3. The van der Waals surface area contributed by atoms with Crippen LogP contribution >= 0.6 is 11.3 Å². The number of sulfone groups is 1. The molecule has 1 aromatic heterocycles. The highest BCUT2D eigenvalue weighted by Gasteiger charge is 2.10. The van der Waals surface area contributed by atoms with Crippen molar-refractivity contribution >= 4 is 26.9 Å². The van der Waals surface area contributed by atoms with E-state index in [4.69, 9.17) is 5.26 Å². The molecule has 0 saturated heterocycles. The van der Waals surface area contributed by atoms with E-state index < -0.39 is 9.84 Å². The lowest BCUT2D eigenvalue weighted by molar-refractivity contribution is 0.597. The lowest BCUT2D eigenvalue weighted by Crippen LogP contribution is -2.04. The summed E-state index contributed by atoms with van der Waals surface area (Å²) in [6, 6.07) is 10.7. The lowest BCUT2D eigenvalue weighted by Gasteiger charge is -2.06. The van der Waals surface area contributed by atoms with E-state index in [2.05, 4.69) is 11.4 Å². The van der Waals surface area contributed by atoms with Crippen molar-refractivity contribution in [2.24, 2.45) is 0 Å². The van der Waals surface area contributed by atoms with Gasteiger partial charge in [0, 0.05) is 22.5 Å². The first-order valence-corrected chi connectivity index (χ1v) is 8.62. The molecule has 20 heavy (non-hydrogen) atoms. The molecule has 1 heterocycles. The van der Waals surface area contributed by atoms with E-state index in [0.717, 1.165) is 10.6 Å². The highest BCUT2D eigenvalue weighted by Crippen LogP contribution is 2.18. The summed E-state index contributed by atoms with van der Waals surface area (Å²) in [4.78, 5) is 1.40. The first-order valence-electron chi connectivity index (χ1n) is 6.09. The fourth-order valence-corrected chi connectivity index (χ4v) is 3.30. The summed E-state index contributed by atoms with van der Waals surface area (Å²) in [5, 5.41) is 13.8. The van der Waals surface area contributed by atoms with E-state index in [9.17, 15) is 8.42 Å². The molecule has 104 valence electrons. The number of rotatable bonds is 5. The molecule has 2 rings (SSSR count). The fraction of sp³-hybridized carbons (Fsp3) is 0.214. The normalized spacial score (nSPS) is 11.0. The summed E-state index contributed by atoms with van der Waals surface area (Å²) < 4.78 is 23.4. The summed E-state index contributed by atoms with van der Waals surface area (Å²) in [5.74, 6) is 0.103. The highest BCUT2D eigenvalue weighted by molar-refractivity contribution is 7.91. The Hall–Kier alpha value is -1.84. The van der Waals surface area contributed by atoms with Crippen molar-refractivity contribution in [3.63, 3.8) is 0 Å². The smallest absolute Gasteiger partial charge is 0.178 e. The number of anilines is 1. The van der Waals surface area contributed by atoms with Gasteiger partial charge in [-0.2, -0.15) is 5.26 Å². The zero-order chi connectivity index (χ0) is 14.6. The third-order valence-electron chi connectivity index (χ3n) is 2.84. The highest BCUT2D eigenvalue weighted by atomic mass is 32.2. The van der Waals surface area contributed by atoms with Crippen molar-refractivity contribution in [3.05, 3.63) is 46.2 Å². The van der Waals surface area contributed by atoms with Crippen LogP contribution in [0.3, 0.4) is 0 Å². The molecule has 0 fully saturated rings. The van der Waals surface area contributed by atoms with Gasteiger partial charge in [0.2, 0.25) is 0 Å². The molecule has 6 heteroatoms. The summed E-state index contributed by atoms with van der Waals surface area (Å²) >= 11 is 1.52. The molecule has 0 aliphatic heterocycles. The van der Waals surface area contributed by atoms with Gasteiger partial charge in [0.15, 0.2) is 9.84 Å². The number of nitriles is 1. The number of thiophene rings is 1. The Labute approximate surface area is 122 Å². The third-order valence-corrected chi connectivity index (χ3v) is 5.53. The average molecular weight is 306 g/mol. The first kappa shape index (κ1) is 14.6. The number of benzene rings is 1. The van der Waals surface area contributed by atoms with E-state index >= 15 is 0 Å². The molecule has 0 saturated carbocycles. The Morgan fingerprint density at radius 1 is 1.30 bits per heavy atom. The molecular weight excluding hydrogens is 292 g/mol. The summed E-state index contributed by atoms with van der Waals surface area (Å²) in [5.41, 5.74) is 1.52. The molecular formula is C14H14N2O2S2. The molecule has 0 bridgehead atoms. The van der Waals surface area contributed by atoms with E-state index in [0.29, 0.717) is 17.0 Å². The number of nitrogens with zero attached hydrogens (tertiary/aromatic N) is 1. The molecule has 0 aliphatic carbocycles. The zero-order valence-electron chi connectivity index (χ0n) is 11.0. The summed E-state index contributed by atoms with van der Waals surface area (Å²) in [6.45, 7) is 2.25. The molecule has 0 unspecified atom stereocenters. The quantitative estimate of drug-likeness (QED) is 0.922. The predicted octanol–water partition coefficient (Wildman–Crippen LogP) is 3.03. The van der Waals surface area contributed by atoms with E-state index in [1.54, 1.807) is 31.2 Å². The second-order valence-corrected chi connectivity index (χ2v) is 7.47. The molecule has 0 spiro atoms. The van der Waals surface area contributed by atoms with Crippen LogP contribution in [0, 0.1) is 11.3 Å². The van der Waals surface area contributed by atoms with Gasteiger partial charge >= 0.3 is 0 Å². The maximum atomic E-state index is 11.7. The average Bonchev–Trinajstić information content (AvgIpc) is 2.93. The van der Waals surface area contributed by atoms with Gasteiger partial charge in [0.25, 0.3) is 0 Å². The second-order valence-electron chi connectivity index (χ2n) is 4.19. The van der Waals surface area contributed by atoms with Crippen molar-refractivity contribution in [2.45, 2.75) is 18.4 Å². The van der Waals surface area contributed by atoms with Crippen LogP contribution in [0.1, 0.15) is 17.4 Å². The minimum atomic E-state index is -3.14. The minimum absolute atomic E-state index is 0.103. The topological polar surface area (TPSA) is 70.0 Å². The van der Waals surface area contributed by atoms with Crippen LogP contribution in [0.2, 0.25) is 0 Å². The SMILES string of the molecule is CCS(=O)(=O)c1ccc(NCc2cc(C#N)cs2)cc1. The van der Waals surface area contributed by atoms with Crippen LogP contribution in [0.4, 0.5) is 5.69 Å². The molecule has 4 nitrogen and oxygen atoms in total. The Morgan fingerprint density at radius 2 is 2.00 bits per heavy atom. The molecule has 1 N–H and O–H groups in total. The van der Waals surface area contributed by atoms with Crippen LogP contribution in [-0.2, 0) is 16.4 Å². The zero-order valence-corrected chi connectivity index (χ0v) is 12.6. The molecule has 0 amide bonds. The van der Waals surface area contributed by atoms with Gasteiger partial charge in [-0.15, -0.1) is 11.3 Å². The van der Waals surface area contributed by atoms with Crippen molar-refractivity contribution in [1.82, 2.24) is 0 Å². The third kappa shape index (κ3) is 3.38. The van der Waals surface area contributed by atoms with Gasteiger partial charge in [0.05, 0.1) is 16.2 Å². The molecule has 0 radical (unpaired) electrons. The molecule has 2 aromatic rings. The first-order chi connectivity index (χ1) is 9.55. The van der Waals surface area contributed by atoms with Crippen molar-refractivity contribution in [3.8, 4) is 6.07 Å². The van der Waals surface area contributed by atoms with Crippen molar-refractivity contribution in [2.75, 3.05) is 11.1 Å². The van der Waals surface area contributed by atoms with Gasteiger partial charge < -0.3 is 5.32 Å². The molecule has 1 aromatic carbocycles. The lowest BCUT2D eigenvalue weighted by atomic mass is 10.3. The maximum absolute atomic E-state index is 11.7. The largest absolute Gasteiger partial charge is 0.380 e. The molecule has 0 atom stereocenters. The fourth-order valence-electron chi connectivity index (χ4n) is 1.67. The predicted molar refractivity (Wildman–Crippen MR) is 80.5 cm³/mol. The van der Waals surface area contributed by atoms with Crippen LogP contribution in [0.15, 0.2) is 40.6 Å². The second kappa shape index (κ2) is 6.07. The van der Waals surface area contributed by atoms with Crippen molar-refractivity contribution < 1.29 is 8.42 Å². The number of nitrogens with one attached hydrogen (secondary N) is 1. The van der Waals surface area contributed by atoms with E-state index in [1.165, 1.54) is 11.3 Å². The van der Waals surface area contributed by atoms with E-state index in [-0.39, 0.29) is 5.75 Å². The Kier molecular flexibility index (Phi) is 4.42. The molecule has 0 aliphatic rings. The summed E-state index contributed by atoms with van der Waals surface area (Å²) in [6.07, 6.45) is 0. The monoisotopic (exact) mass is 306 g/mol. The van der Waals surface area contributed by atoms with Crippen LogP contribution in [-0.4, -0.2) is 14.2 Å². The number of hydrogen-bond acceptors (Lipinski definition) is 5. The van der Waals surface area contributed by atoms with Gasteiger partial charge in [-0.1, -0.05) is 6.92 Å². The van der Waals surface area contributed by atoms with Crippen LogP contribution < -0.4 is 5.32 Å². The number of hydrogen-bond donors (Lipinski definition) is 1. The van der Waals surface area contributed by atoms with Gasteiger partial charge in [0.1, 0.15) is 6.07 Å². The van der Waals surface area contributed by atoms with Gasteiger partial charge in [-0.3, -0.25) is 0 Å². The van der Waals surface area contributed by atoms with Gasteiger partial charge in [-0.25, -0.2) is 8.42 Å².